The van der Waals surface area contributed by atoms with Crippen LogP contribution in [0.25, 0.3) is 33.3 Å². The number of aromatic nitrogens is 2. The Balaban J connectivity index is 1.12. The molecule has 2 bridgehead atoms. The van der Waals surface area contributed by atoms with Crippen LogP contribution in [0.5, 0.6) is 0 Å². The van der Waals surface area contributed by atoms with Crippen molar-refractivity contribution in [1.29, 1.82) is 0 Å². The molecule has 1 saturated carbocycles. The highest BCUT2D eigenvalue weighted by Crippen LogP contribution is 2.77. The lowest BCUT2D eigenvalue weighted by molar-refractivity contribution is 0.0101. The second kappa shape index (κ2) is 6.33. The third-order valence-corrected chi connectivity index (χ3v) is 9.37. The van der Waals surface area contributed by atoms with Crippen molar-refractivity contribution in [2.24, 2.45) is 16.7 Å². The first-order chi connectivity index (χ1) is 17.8. The van der Waals surface area contributed by atoms with Gasteiger partial charge >= 0.3 is 0 Å². The summed E-state index contributed by atoms with van der Waals surface area (Å²) < 4.78 is 2.14. The van der Waals surface area contributed by atoms with E-state index in [0.29, 0.717) is 5.92 Å². The van der Waals surface area contributed by atoms with E-state index in [1.807, 2.05) is 0 Å². The lowest BCUT2D eigenvalue weighted by atomic mass is 9.33. The molecule has 9 rings (SSSR count). The van der Waals surface area contributed by atoms with Crippen LogP contribution in [0.2, 0.25) is 0 Å². The van der Waals surface area contributed by atoms with Crippen LogP contribution in [-0.4, -0.2) is 9.38 Å². The number of imidazole rings is 1. The van der Waals surface area contributed by atoms with E-state index in [0.717, 1.165) is 23.3 Å². The maximum Gasteiger partial charge on any atom is 0.145 e. The lowest BCUT2D eigenvalue weighted by Gasteiger charge is -2.69. The topological polar surface area (TPSA) is 17.3 Å². The van der Waals surface area contributed by atoms with Crippen LogP contribution in [-0.2, 0) is 0 Å². The molecule has 2 aromatic heterocycles. The van der Waals surface area contributed by atoms with Gasteiger partial charge in [0.25, 0.3) is 0 Å². The fraction of sp³-hybridized carbons (Fsp3) is 0.147. The smallest absolute Gasteiger partial charge is 0.145 e. The van der Waals surface area contributed by atoms with Gasteiger partial charge in [-0.15, -0.1) is 0 Å². The zero-order valence-electron chi connectivity index (χ0n) is 19.9. The van der Waals surface area contributed by atoms with Gasteiger partial charge in [-0.25, -0.2) is 4.98 Å². The van der Waals surface area contributed by atoms with Crippen LogP contribution in [0.3, 0.4) is 0 Å². The first kappa shape index (κ1) is 19.1. The second-order valence-corrected chi connectivity index (χ2v) is 11.0. The minimum atomic E-state index is 0.162. The van der Waals surface area contributed by atoms with E-state index in [-0.39, 0.29) is 10.8 Å². The summed E-state index contributed by atoms with van der Waals surface area (Å²) in [6, 6.07) is 19.7. The van der Waals surface area contributed by atoms with Crippen LogP contribution in [0.4, 0.5) is 0 Å². The predicted octanol–water partition coefficient (Wildman–Crippen LogP) is 7.87. The maximum atomic E-state index is 5.01. The first-order valence-corrected chi connectivity index (χ1v) is 12.9. The third-order valence-electron chi connectivity index (χ3n) is 9.37. The Hall–Kier alpha value is -4.17. The summed E-state index contributed by atoms with van der Waals surface area (Å²) in [6.07, 6.45) is 25.8. The van der Waals surface area contributed by atoms with Gasteiger partial charge in [-0.05, 0) is 46.6 Å². The van der Waals surface area contributed by atoms with Gasteiger partial charge in [-0.2, -0.15) is 0 Å². The van der Waals surface area contributed by atoms with E-state index in [1.165, 1.54) is 33.9 Å². The van der Waals surface area contributed by atoms with Crippen molar-refractivity contribution in [1.82, 2.24) is 9.38 Å². The van der Waals surface area contributed by atoms with Gasteiger partial charge in [0.15, 0.2) is 0 Å². The summed E-state index contributed by atoms with van der Waals surface area (Å²) in [4.78, 5) is 5.01. The molecule has 3 atom stereocenters. The van der Waals surface area contributed by atoms with Gasteiger partial charge in [0.05, 0.1) is 5.69 Å². The number of rotatable bonds is 2. The van der Waals surface area contributed by atoms with Crippen LogP contribution in [0.15, 0.2) is 132 Å². The average Bonchev–Trinajstić information content (AvgIpc) is 3.36. The summed E-state index contributed by atoms with van der Waals surface area (Å²) in [7, 11) is 0. The molecule has 0 N–H and O–H groups in total. The molecule has 0 radical (unpaired) electrons. The quantitative estimate of drug-likeness (QED) is 0.297. The lowest BCUT2D eigenvalue weighted by Crippen LogP contribution is -2.61. The number of fused-ring (bicyclic) bond motifs is 3. The van der Waals surface area contributed by atoms with Crippen LogP contribution in [0, 0.1) is 16.7 Å². The summed E-state index contributed by atoms with van der Waals surface area (Å²) in [5.41, 5.74) is 10.9. The van der Waals surface area contributed by atoms with Crippen molar-refractivity contribution in [3.63, 3.8) is 0 Å². The molecule has 0 amide bonds. The Morgan fingerprint density at radius 3 is 2.72 bits per heavy atom. The molecule has 5 aliphatic rings. The van der Waals surface area contributed by atoms with Gasteiger partial charge in [0.1, 0.15) is 5.65 Å². The zero-order chi connectivity index (χ0) is 23.5. The molecule has 4 aromatic rings. The summed E-state index contributed by atoms with van der Waals surface area (Å²) in [6.45, 7) is 0. The zero-order valence-corrected chi connectivity index (χ0v) is 19.9. The van der Waals surface area contributed by atoms with Gasteiger partial charge in [0.2, 0.25) is 0 Å². The summed E-state index contributed by atoms with van der Waals surface area (Å²) in [5.74, 6) is 0.599. The van der Waals surface area contributed by atoms with Crippen molar-refractivity contribution in [3.05, 3.63) is 138 Å². The average molecular weight is 461 g/mol. The molecule has 1 fully saturated rings. The fourth-order valence-corrected chi connectivity index (χ4v) is 7.89. The number of pyridine rings is 1. The Labute approximate surface area is 210 Å². The Kier molecular flexibility index (Phi) is 3.35. The molecule has 0 aliphatic heterocycles. The van der Waals surface area contributed by atoms with E-state index in [4.69, 9.17) is 4.98 Å². The Morgan fingerprint density at radius 2 is 1.78 bits per heavy atom. The number of hydrogen-bond acceptors (Lipinski definition) is 1. The third kappa shape index (κ3) is 2.17. The van der Waals surface area contributed by atoms with Crippen LogP contribution in [0.1, 0.15) is 18.4 Å². The van der Waals surface area contributed by atoms with E-state index in [9.17, 15) is 0 Å². The van der Waals surface area contributed by atoms with Gasteiger partial charge in [-0.1, -0.05) is 103 Å². The van der Waals surface area contributed by atoms with Crippen LogP contribution < -0.4 is 0 Å². The molecular weight excluding hydrogens is 436 g/mol. The van der Waals surface area contributed by atoms with Crippen molar-refractivity contribution < 1.29 is 0 Å². The predicted molar refractivity (Wildman–Crippen MR) is 146 cm³/mol. The SMILES string of the molecule is C1=CC23C=CC4=CC=C(c5ccc(-c6cn7ccc8ccccc8c7n6)cc5)C5=CCC(=C1)C2C45C3. The molecule has 3 unspecified atom stereocenters. The van der Waals surface area contributed by atoms with E-state index >= 15 is 0 Å². The molecule has 2 nitrogen and oxygen atoms in total. The monoisotopic (exact) mass is 460 g/mol. The van der Waals surface area contributed by atoms with Gasteiger partial charge < -0.3 is 4.40 Å². The van der Waals surface area contributed by atoms with Crippen molar-refractivity contribution in [2.75, 3.05) is 0 Å². The van der Waals surface area contributed by atoms with Gasteiger partial charge in [-0.3, -0.25) is 0 Å². The van der Waals surface area contributed by atoms with E-state index in [1.54, 1.807) is 11.1 Å². The number of allylic oxidation sites excluding steroid dienone is 12. The second-order valence-electron chi connectivity index (χ2n) is 11.0. The highest BCUT2D eigenvalue weighted by molar-refractivity contribution is 5.95. The summed E-state index contributed by atoms with van der Waals surface area (Å²) in [5, 5.41) is 2.41. The van der Waals surface area contributed by atoms with Crippen molar-refractivity contribution in [3.8, 4) is 11.3 Å². The Morgan fingerprint density at radius 1 is 0.889 bits per heavy atom. The van der Waals surface area contributed by atoms with Crippen molar-refractivity contribution >= 4 is 22.0 Å². The molecular formula is C34H24N2. The standard InChI is InChI=1S/C34H24N2/c1-2-6-28-22(4-1)16-19-36-20-30(35-32(28)36)24-9-7-23(8-10-24)27-13-12-26-15-18-33-17-3-5-25-11-14-29(27)34(26,21-33)31(25)33/h1-10,12-20,31H,11,21H2. The molecule has 1 spiro atoms. The minimum Gasteiger partial charge on any atom is -0.306 e. The van der Waals surface area contributed by atoms with Crippen LogP contribution >= 0.6 is 0 Å². The molecule has 170 valence electrons. The minimum absolute atomic E-state index is 0.162. The van der Waals surface area contributed by atoms with E-state index in [2.05, 4.69) is 120 Å². The number of benzene rings is 2. The first-order valence-electron chi connectivity index (χ1n) is 12.9. The van der Waals surface area contributed by atoms with Gasteiger partial charge in [0, 0.05) is 40.1 Å². The summed E-state index contributed by atoms with van der Waals surface area (Å²) >= 11 is 0. The van der Waals surface area contributed by atoms with E-state index < -0.39 is 0 Å². The molecule has 2 aromatic carbocycles. The normalized spacial score (nSPS) is 28.7. The molecule has 0 saturated heterocycles. The maximum absolute atomic E-state index is 5.01. The Bertz CT molecular complexity index is 1840. The molecule has 36 heavy (non-hydrogen) atoms. The number of nitrogens with zero attached hydrogens (tertiary/aromatic N) is 2. The highest BCUT2D eigenvalue weighted by Gasteiger charge is 2.68. The largest absolute Gasteiger partial charge is 0.306 e. The highest BCUT2D eigenvalue weighted by atomic mass is 15.0. The van der Waals surface area contributed by atoms with Crippen molar-refractivity contribution in [2.45, 2.75) is 12.8 Å². The molecule has 2 heterocycles. The molecule has 5 aliphatic carbocycles. The number of hydrogen-bond donors (Lipinski definition) is 0. The molecule has 2 heteroatoms. The fourth-order valence-electron chi connectivity index (χ4n) is 7.89.